The van der Waals surface area contributed by atoms with Crippen LogP contribution < -0.4 is 11.5 Å². The number of aryl methyl sites for hydroxylation is 1. The Labute approximate surface area is 144 Å². The topological polar surface area (TPSA) is 111 Å². The van der Waals surface area contributed by atoms with Crippen LogP contribution in [0.3, 0.4) is 0 Å². The van der Waals surface area contributed by atoms with Crippen molar-refractivity contribution in [1.29, 1.82) is 0 Å². The molecule has 0 aliphatic heterocycles. The molecule has 3 heterocycles. The van der Waals surface area contributed by atoms with Crippen molar-refractivity contribution in [2.45, 2.75) is 6.42 Å². The van der Waals surface area contributed by atoms with Gasteiger partial charge in [-0.2, -0.15) is 5.10 Å². The van der Waals surface area contributed by atoms with Crippen LogP contribution in [-0.4, -0.2) is 31.3 Å². The second-order valence-corrected chi connectivity index (χ2v) is 6.04. The van der Waals surface area contributed by atoms with Gasteiger partial charge in [0.1, 0.15) is 11.6 Å². The van der Waals surface area contributed by atoms with Gasteiger partial charge in [-0.05, 0) is 36.7 Å². The number of hydrogen-bond donors (Lipinski definition) is 3. The lowest BCUT2D eigenvalue weighted by molar-refractivity contribution is 0.768. The number of benzene rings is 1. The molecule has 0 spiro atoms. The lowest BCUT2D eigenvalue weighted by Crippen LogP contribution is -2.02. The molecular formula is C18H19N7. The van der Waals surface area contributed by atoms with Gasteiger partial charge >= 0.3 is 0 Å². The van der Waals surface area contributed by atoms with Crippen molar-refractivity contribution in [3.05, 3.63) is 48.4 Å². The van der Waals surface area contributed by atoms with Crippen LogP contribution in [0.5, 0.6) is 0 Å². The van der Waals surface area contributed by atoms with Gasteiger partial charge in [0, 0.05) is 30.6 Å². The van der Waals surface area contributed by atoms with Crippen molar-refractivity contribution in [3.8, 4) is 22.5 Å². The molecule has 7 nitrogen and oxygen atoms in total. The number of aromatic amines is 1. The fraction of sp³-hybridized carbons (Fsp3) is 0.167. The molecule has 4 aromatic rings. The predicted molar refractivity (Wildman–Crippen MR) is 98.7 cm³/mol. The summed E-state index contributed by atoms with van der Waals surface area (Å²) in [5.41, 5.74) is 17.5. The number of nitrogens with zero attached hydrogens (tertiary/aromatic N) is 4. The molecule has 0 amide bonds. The van der Waals surface area contributed by atoms with Crippen molar-refractivity contribution in [2.24, 2.45) is 12.8 Å². The Morgan fingerprint density at radius 3 is 2.80 bits per heavy atom. The average Bonchev–Trinajstić information content (AvgIpc) is 3.21. The first-order chi connectivity index (χ1) is 12.1. The van der Waals surface area contributed by atoms with Crippen molar-refractivity contribution in [2.75, 3.05) is 12.3 Å². The van der Waals surface area contributed by atoms with Crippen LogP contribution in [0, 0.1) is 0 Å². The van der Waals surface area contributed by atoms with Gasteiger partial charge in [-0.3, -0.25) is 4.68 Å². The Hall–Kier alpha value is -3.19. The van der Waals surface area contributed by atoms with E-state index >= 15 is 0 Å². The molecule has 25 heavy (non-hydrogen) atoms. The van der Waals surface area contributed by atoms with Gasteiger partial charge in [-0.25, -0.2) is 9.97 Å². The number of aromatic nitrogens is 5. The molecule has 3 aromatic heterocycles. The quantitative estimate of drug-likeness (QED) is 0.529. The van der Waals surface area contributed by atoms with E-state index in [1.165, 1.54) is 5.56 Å². The van der Waals surface area contributed by atoms with E-state index in [9.17, 15) is 0 Å². The molecule has 0 saturated carbocycles. The zero-order valence-electron chi connectivity index (χ0n) is 13.9. The highest BCUT2D eigenvalue weighted by Gasteiger charge is 2.12. The summed E-state index contributed by atoms with van der Waals surface area (Å²) in [6.07, 6.45) is 6.33. The predicted octanol–water partition coefficient (Wildman–Crippen LogP) is 2.11. The molecular weight excluding hydrogens is 314 g/mol. The largest absolute Gasteiger partial charge is 0.383 e. The van der Waals surface area contributed by atoms with E-state index < -0.39 is 0 Å². The average molecular weight is 333 g/mol. The Morgan fingerprint density at radius 1 is 1.16 bits per heavy atom. The number of nitrogens with two attached hydrogens (primary N) is 2. The number of nitrogen functional groups attached to an aromatic ring is 1. The molecule has 126 valence electrons. The van der Waals surface area contributed by atoms with Gasteiger partial charge in [0.15, 0.2) is 0 Å². The van der Waals surface area contributed by atoms with Crippen LogP contribution in [0.4, 0.5) is 5.82 Å². The Morgan fingerprint density at radius 2 is 2.04 bits per heavy atom. The van der Waals surface area contributed by atoms with Crippen molar-refractivity contribution in [3.63, 3.8) is 0 Å². The molecule has 0 radical (unpaired) electrons. The first-order valence-electron chi connectivity index (χ1n) is 8.07. The molecule has 0 saturated heterocycles. The zero-order chi connectivity index (χ0) is 17.4. The van der Waals surface area contributed by atoms with Crippen LogP contribution >= 0.6 is 0 Å². The number of nitrogens with one attached hydrogen (secondary N) is 1. The Kier molecular flexibility index (Phi) is 3.70. The summed E-state index contributed by atoms with van der Waals surface area (Å²) in [6.45, 7) is 0.622. The number of hydrogen-bond acceptors (Lipinski definition) is 5. The van der Waals surface area contributed by atoms with E-state index in [-0.39, 0.29) is 0 Å². The number of anilines is 1. The fourth-order valence-electron chi connectivity index (χ4n) is 2.90. The van der Waals surface area contributed by atoms with E-state index in [1.807, 2.05) is 31.4 Å². The third kappa shape index (κ3) is 2.85. The standard InChI is InChI=1S/C18H19N7/c1-25-10-13(9-22-25)12-7-14(17(20)21-8-12)18-23-15-3-2-11(4-5-19)6-16(15)24-18/h2-3,6-10H,4-5,19H2,1H3,(H2,20,21)(H,23,24). The zero-order valence-corrected chi connectivity index (χ0v) is 13.9. The number of imidazole rings is 1. The van der Waals surface area contributed by atoms with Gasteiger partial charge < -0.3 is 16.5 Å². The maximum absolute atomic E-state index is 6.10. The van der Waals surface area contributed by atoms with E-state index in [2.05, 4.69) is 26.1 Å². The number of H-pyrrole nitrogens is 1. The summed E-state index contributed by atoms with van der Waals surface area (Å²) in [5.74, 6) is 1.14. The molecule has 0 fully saturated rings. The maximum Gasteiger partial charge on any atom is 0.142 e. The van der Waals surface area contributed by atoms with Crippen LogP contribution in [0.15, 0.2) is 42.9 Å². The summed E-state index contributed by atoms with van der Waals surface area (Å²) >= 11 is 0. The first-order valence-corrected chi connectivity index (χ1v) is 8.07. The second kappa shape index (κ2) is 6.03. The SMILES string of the molecule is Cn1cc(-c2cnc(N)c(-c3nc4ccc(CCN)cc4[nH]3)c2)cn1. The highest BCUT2D eigenvalue weighted by molar-refractivity contribution is 5.83. The van der Waals surface area contributed by atoms with Gasteiger partial charge in [0.25, 0.3) is 0 Å². The third-order valence-corrected chi connectivity index (χ3v) is 4.19. The lowest BCUT2D eigenvalue weighted by atomic mass is 10.1. The number of pyridine rings is 1. The van der Waals surface area contributed by atoms with Gasteiger partial charge in [0.05, 0.1) is 22.8 Å². The summed E-state index contributed by atoms with van der Waals surface area (Å²) in [5, 5.41) is 4.20. The van der Waals surface area contributed by atoms with Crippen molar-refractivity contribution < 1.29 is 0 Å². The molecule has 5 N–H and O–H groups in total. The van der Waals surface area contributed by atoms with E-state index in [0.29, 0.717) is 18.2 Å². The minimum atomic E-state index is 0.439. The van der Waals surface area contributed by atoms with Crippen molar-refractivity contribution >= 4 is 16.9 Å². The number of fused-ring (bicyclic) bond motifs is 1. The fourth-order valence-corrected chi connectivity index (χ4v) is 2.90. The van der Waals surface area contributed by atoms with Gasteiger partial charge in [-0.1, -0.05) is 6.07 Å². The Bertz CT molecular complexity index is 1040. The summed E-state index contributed by atoms with van der Waals surface area (Å²) in [7, 11) is 1.88. The molecule has 0 aliphatic carbocycles. The maximum atomic E-state index is 6.10. The van der Waals surface area contributed by atoms with E-state index in [4.69, 9.17) is 11.5 Å². The van der Waals surface area contributed by atoms with Crippen LogP contribution in [0.25, 0.3) is 33.5 Å². The highest BCUT2D eigenvalue weighted by Crippen LogP contribution is 2.29. The molecule has 0 unspecified atom stereocenters. The molecule has 4 rings (SSSR count). The monoisotopic (exact) mass is 333 g/mol. The molecule has 0 bridgehead atoms. The normalized spacial score (nSPS) is 11.3. The smallest absolute Gasteiger partial charge is 0.142 e. The summed E-state index contributed by atoms with van der Waals surface area (Å²) < 4.78 is 1.76. The second-order valence-electron chi connectivity index (χ2n) is 6.04. The summed E-state index contributed by atoms with van der Waals surface area (Å²) in [6, 6.07) is 8.10. The van der Waals surface area contributed by atoms with Crippen LogP contribution in [0.1, 0.15) is 5.56 Å². The molecule has 0 atom stereocenters. The van der Waals surface area contributed by atoms with Crippen molar-refractivity contribution in [1.82, 2.24) is 24.7 Å². The third-order valence-electron chi connectivity index (χ3n) is 4.19. The van der Waals surface area contributed by atoms with Crippen LogP contribution in [0.2, 0.25) is 0 Å². The van der Waals surface area contributed by atoms with Crippen LogP contribution in [-0.2, 0) is 13.5 Å². The summed E-state index contributed by atoms with van der Waals surface area (Å²) in [4.78, 5) is 12.3. The Balaban J connectivity index is 1.79. The van der Waals surface area contributed by atoms with Gasteiger partial charge in [0.2, 0.25) is 0 Å². The van der Waals surface area contributed by atoms with E-state index in [0.717, 1.165) is 34.1 Å². The molecule has 1 aromatic carbocycles. The van der Waals surface area contributed by atoms with E-state index in [1.54, 1.807) is 17.1 Å². The molecule has 0 aliphatic rings. The van der Waals surface area contributed by atoms with Gasteiger partial charge in [-0.15, -0.1) is 0 Å². The molecule has 7 heteroatoms. The highest BCUT2D eigenvalue weighted by atomic mass is 15.2. The minimum Gasteiger partial charge on any atom is -0.383 e. The number of rotatable bonds is 4. The lowest BCUT2D eigenvalue weighted by Gasteiger charge is -2.04. The minimum absolute atomic E-state index is 0.439. The first kappa shape index (κ1) is 15.3.